The summed E-state index contributed by atoms with van der Waals surface area (Å²) < 4.78 is 12.8. The van der Waals surface area contributed by atoms with Gasteiger partial charge < -0.3 is 14.8 Å². The first-order valence-corrected chi connectivity index (χ1v) is 18.0. The van der Waals surface area contributed by atoms with Crippen molar-refractivity contribution in [3.63, 3.8) is 0 Å². The summed E-state index contributed by atoms with van der Waals surface area (Å²) in [5.41, 5.74) is 3.84. The number of carbonyl (C=O) groups is 1. The van der Waals surface area contributed by atoms with Gasteiger partial charge in [-0.3, -0.25) is 24.0 Å². The molecule has 4 aromatic carbocycles. The van der Waals surface area contributed by atoms with Gasteiger partial charge in [-0.15, -0.1) is 0 Å². The van der Waals surface area contributed by atoms with E-state index in [1.807, 2.05) is 103 Å². The summed E-state index contributed by atoms with van der Waals surface area (Å²) in [6.07, 6.45) is 0.717. The molecular weight excluding hydrogens is 665 g/mol. The van der Waals surface area contributed by atoms with E-state index >= 15 is 0 Å². The number of para-hydroxylation sites is 1. The number of amides is 1. The Morgan fingerprint density at radius 2 is 1.28 bits per heavy atom. The first-order valence-electron chi connectivity index (χ1n) is 18.0. The van der Waals surface area contributed by atoms with Crippen LogP contribution in [0.5, 0.6) is 11.8 Å². The maximum Gasteiger partial charge on any atom is 0.263 e. The highest BCUT2D eigenvalue weighted by atomic mass is 16.5. The molecule has 270 valence electrons. The van der Waals surface area contributed by atoms with E-state index in [9.17, 15) is 9.59 Å². The Morgan fingerprint density at radius 3 is 1.87 bits per heavy atom. The lowest BCUT2D eigenvalue weighted by molar-refractivity contribution is 0.0919. The highest BCUT2D eigenvalue weighted by molar-refractivity contribution is 6.08. The number of carbonyl (C=O) groups excluding carboxylic acids is 1. The fraction of sp³-hybridized carbons (Fsp3) is 0.256. The van der Waals surface area contributed by atoms with E-state index in [4.69, 9.17) is 19.4 Å². The zero-order valence-corrected chi connectivity index (χ0v) is 30.3. The van der Waals surface area contributed by atoms with Crippen LogP contribution in [-0.4, -0.2) is 70.6 Å². The molecule has 6 aromatic rings. The van der Waals surface area contributed by atoms with Crippen molar-refractivity contribution in [2.24, 2.45) is 0 Å². The largest absolute Gasteiger partial charge is 0.481 e. The molecule has 1 amide bonds. The second-order valence-corrected chi connectivity index (χ2v) is 13.1. The first kappa shape index (κ1) is 35.6. The molecule has 2 atom stereocenters. The van der Waals surface area contributed by atoms with Gasteiger partial charge in [-0.25, -0.2) is 0 Å². The van der Waals surface area contributed by atoms with Crippen LogP contribution in [0.3, 0.4) is 0 Å². The van der Waals surface area contributed by atoms with Crippen molar-refractivity contribution in [3.8, 4) is 17.4 Å². The van der Waals surface area contributed by atoms with E-state index < -0.39 is 0 Å². The SMILES string of the molecule is CCC(NC(=O)c1c(CN2CCN([C@@H](c3ccccc3)c3nc(OC)cc(OC)n3)CC2)n(-c2ccccc2)c(=O)c2ccccc12)c1ccccc1. The van der Waals surface area contributed by atoms with Gasteiger partial charge >= 0.3 is 0 Å². The van der Waals surface area contributed by atoms with Gasteiger partial charge in [0.05, 0.1) is 43.6 Å². The van der Waals surface area contributed by atoms with Crippen molar-refractivity contribution in [1.29, 1.82) is 0 Å². The monoisotopic (exact) mass is 708 g/mol. The number of pyridine rings is 1. The van der Waals surface area contributed by atoms with Crippen LogP contribution in [0.2, 0.25) is 0 Å². The number of aromatic nitrogens is 3. The summed E-state index contributed by atoms with van der Waals surface area (Å²) in [5.74, 6) is 1.26. The molecule has 1 aliphatic heterocycles. The molecule has 0 bridgehead atoms. The summed E-state index contributed by atoms with van der Waals surface area (Å²) >= 11 is 0. The van der Waals surface area contributed by atoms with Crippen LogP contribution >= 0.6 is 0 Å². The number of nitrogens with one attached hydrogen (secondary N) is 1. The molecule has 0 saturated carbocycles. The van der Waals surface area contributed by atoms with Gasteiger partial charge in [0.15, 0.2) is 5.82 Å². The number of piperazine rings is 1. The van der Waals surface area contributed by atoms with Crippen LogP contribution in [-0.2, 0) is 6.54 Å². The van der Waals surface area contributed by atoms with Crippen molar-refractivity contribution in [2.45, 2.75) is 32.0 Å². The smallest absolute Gasteiger partial charge is 0.263 e. The van der Waals surface area contributed by atoms with Crippen LogP contribution in [0.25, 0.3) is 16.5 Å². The molecule has 10 heteroatoms. The van der Waals surface area contributed by atoms with Gasteiger partial charge in [-0.1, -0.05) is 104 Å². The average molecular weight is 709 g/mol. The second-order valence-electron chi connectivity index (χ2n) is 13.1. The summed E-state index contributed by atoms with van der Waals surface area (Å²) in [5, 5.41) is 4.48. The normalized spacial score (nSPS) is 14.8. The fourth-order valence-electron chi connectivity index (χ4n) is 7.29. The molecule has 1 fully saturated rings. The Labute approximate surface area is 309 Å². The van der Waals surface area contributed by atoms with Gasteiger partial charge in [0.25, 0.3) is 11.5 Å². The molecule has 1 unspecified atom stereocenters. The van der Waals surface area contributed by atoms with E-state index in [0.717, 1.165) is 17.5 Å². The number of nitrogens with zero attached hydrogens (tertiary/aromatic N) is 5. The van der Waals surface area contributed by atoms with Gasteiger partial charge in [-0.05, 0) is 35.7 Å². The molecule has 2 aromatic heterocycles. The lowest BCUT2D eigenvalue weighted by Gasteiger charge is -2.39. The maximum absolute atomic E-state index is 14.6. The Hall–Kier alpha value is -5.84. The van der Waals surface area contributed by atoms with Crippen molar-refractivity contribution >= 4 is 16.7 Å². The number of hydrogen-bond acceptors (Lipinski definition) is 8. The van der Waals surface area contributed by atoms with E-state index in [1.165, 1.54) is 0 Å². The lowest BCUT2D eigenvalue weighted by Crippen LogP contribution is -2.48. The van der Waals surface area contributed by atoms with Gasteiger partial charge in [0.1, 0.15) is 0 Å². The van der Waals surface area contributed by atoms with Crippen molar-refractivity contribution in [2.75, 3.05) is 40.4 Å². The van der Waals surface area contributed by atoms with Crippen molar-refractivity contribution in [1.82, 2.24) is 29.7 Å². The standard InChI is InChI=1S/C43H44N6O4/c1-4-35(30-16-8-5-9-17-30)44-42(50)39-33-22-14-15-23-34(33)43(51)49(32-20-12-7-13-21-32)36(39)29-47-24-26-48(27-25-47)40(31-18-10-6-11-19-31)41-45-37(52-2)28-38(46-41)53-3/h5-23,28,35,40H,4,24-27,29H2,1-3H3,(H,44,50)/t35?,40-/m0/s1. The predicted molar refractivity (Wildman–Crippen MR) is 207 cm³/mol. The minimum absolute atomic E-state index is 0.152. The lowest BCUT2D eigenvalue weighted by atomic mass is 9.99. The molecule has 1 N–H and O–H groups in total. The number of methoxy groups -OCH3 is 2. The Balaban J connectivity index is 1.26. The molecular formula is C43H44N6O4. The number of rotatable bonds is 12. The summed E-state index contributed by atoms with van der Waals surface area (Å²) in [4.78, 5) is 43.2. The molecule has 7 rings (SSSR count). The molecule has 0 spiro atoms. The van der Waals surface area contributed by atoms with E-state index in [-0.39, 0.29) is 23.6 Å². The predicted octanol–water partition coefficient (Wildman–Crippen LogP) is 6.59. The zero-order valence-electron chi connectivity index (χ0n) is 30.3. The number of benzene rings is 4. The minimum Gasteiger partial charge on any atom is -0.481 e. The topological polar surface area (TPSA) is 102 Å². The van der Waals surface area contributed by atoms with Crippen LogP contribution < -0.4 is 20.3 Å². The quantitative estimate of drug-likeness (QED) is 0.152. The molecule has 0 radical (unpaired) electrons. The minimum atomic E-state index is -0.240. The van der Waals surface area contributed by atoms with Gasteiger partial charge in [0.2, 0.25) is 11.8 Å². The Kier molecular flexibility index (Phi) is 10.9. The molecule has 1 aliphatic rings. The number of ether oxygens (including phenoxy) is 2. The van der Waals surface area contributed by atoms with E-state index in [0.29, 0.717) is 78.0 Å². The molecule has 3 heterocycles. The van der Waals surface area contributed by atoms with Crippen LogP contribution in [0.4, 0.5) is 0 Å². The molecule has 0 aliphatic carbocycles. The Morgan fingerprint density at radius 1 is 0.736 bits per heavy atom. The third-order valence-corrected chi connectivity index (χ3v) is 9.97. The molecule has 1 saturated heterocycles. The first-order chi connectivity index (χ1) is 26.0. The molecule has 10 nitrogen and oxygen atoms in total. The zero-order chi connectivity index (χ0) is 36.7. The average Bonchev–Trinajstić information content (AvgIpc) is 3.21. The third kappa shape index (κ3) is 7.55. The van der Waals surface area contributed by atoms with Gasteiger partial charge in [-0.2, -0.15) is 9.97 Å². The van der Waals surface area contributed by atoms with Gasteiger partial charge in [0, 0.05) is 49.2 Å². The Bertz CT molecular complexity index is 2200. The van der Waals surface area contributed by atoms with Crippen LogP contribution in [0.15, 0.2) is 126 Å². The molecule has 53 heavy (non-hydrogen) atoms. The summed E-state index contributed by atoms with van der Waals surface area (Å²) in [7, 11) is 3.17. The van der Waals surface area contributed by atoms with E-state index in [1.54, 1.807) is 24.9 Å². The third-order valence-electron chi connectivity index (χ3n) is 9.97. The van der Waals surface area contributed by atoms with Crippen LogP contribution in [0, 0.1) is 0 Å². The number of hydrogen-bond donors (Lipinski definition) is 1. The summed E-state index contributed by atoms with van der Waals surface area (Å²) in [6.45, 7) is 5.22. The fourth-order valence-corrected chi connectivity index (χ4v) is 7.29. The number of fused-ring (bicyclic) bond motifs is 1. The summed E-state index contributed by atoms with van der Waals surface area (Å²) in [6, 6.07) is 38.5. The van der Waals surface area contributed by atoms with Crippen molar-refractivity contribution in [3.05, 3.63) is 160 Å². The van der Waals surface area contributed by atoms with Crippen LogP contribution in [0.1, 0.15) is 58.4 Å². The van der Waals surface area contributed by atoms with Crippen molar-refractivity contribution < 1.29 is 14.3 Å². The maximum atomic E-state index is 14.6. The second kappa shape index (κ2) is 16.2. The highest BCUT2D eigenvalue weighted by Crippen LogP contribution is 2.31. The van der Waals surface area contributed by atoms with E-state index in [2.05, 4.69) is 34.2 Å². The highest BCUT2D eigenvalue weighted by Gasteiger charge is 2.31.